The zero-order valence-corrected chi connectivity index (χ0v) is 21.7. The zero-order valence-electron chi connectivity index (χ0n) is 20.0. The second kappa shape index (κ2) is 10.4. The fourth-order valence-electron chi connectivity index (χ4n) is 3.61. The molecule has 3 aromatic rings. The van der Waals surface area contributed by atoms with Crippen LogP contribution in [0.4, 0.5) is 5.13 Å². The molecule has 7 nitrogen and oxygen atoms in total. The van der Waals surface area contributed by atoms with Crippen LogP contribution in [0, 0.1) is 0 Å². The Kier molecular flexibility index (Phi) is 7.51. The fraction of sp³-hybridized carbons (Fsp3) is 0.308. The number of sulfonamides is 1. The summed E-state index contributed by atoms with van der Waals surface area (Å²) in [4.78, 5) is 17.1. The van der Waals surface area contributed by atoms with Crippen molar-refractivity contribution in [2.45, 2.75) is 31.1 Å². The molecule has 35 heavy (non-hydrogen) atoms. The fourth-order valence-corrected chi connectivity index (χ4v) is 5.74. The Bertz CT molecular complexity index is 1300. The average Bonchev–Trinajstić information content (AvgIpc) is 3.31. The second-order valence-corrected chi connectivity index (χ2v) is 12.1. The summed E-state index contributed by atoms with van der Waals surface area (Å²) in [6.07, 6.45) is 3.25. The van der Waals surface area contributed by atoms with E-state index in [2.05, 4.69) is 43.2 Å². The van der Waals surface area contributed by atoms with E-state index >= 15 is 0 Å². The molecule has 0 atom stereocenters. The van der Waals surface area contributed by atoms with Gasteiger partial charge in [-0.1, -0.05) is 57.2 Å². The minimum Gasteiger partial charge on any atom is -0.379 e. The number of benzene rings is 2. The maximum atomic E-state index is 12.8. The number of ether oxygens (including phenoxy) is 1. The Morgan fingerprint density at radius 1 is 1.06 bits per heavy atom. The van der Waals surface area contributed by atoms with Gasteiger partial charge in [0.05, 0.1) is 23.8 Å². The molecule has 0 aliphatic carbocycles. The van der Waals surface area contributed by atoms with Crippen molar-refractivity contribution in [1.82, 2.24) is 9.29 Å². The minimum atomic E-state index is -3.54. The first-order valence-electron chi connectivity index (χ1n) is 11.4. The molecule has 1 aliphatic rings. The summed E-state index contributed by atoms with van der Waals surface area (Å²) in [5, 5.41) is 5.09. The molecule has 9 heteroatoms. The van der Waals surface area contributed by atoms with Crippen LogP contribution >= 0.6 is 11.3 Å². The third-order valence-corrected chi connectivity index (χ3v) is 8.37. The number of aromatic nitrogens is 1. The van der Waals surface area contributed by atoms with E-state index in [0.29, 0.717) is 37.1 Å². The molecular formula is C26H29N3O4S2. The lowest BCUT2D eigenvalue weighted by Gasteiger charge is -2.26. The van der Waals surface area contributed by atoms with Crippen molar-refractivity contribution in [3.63, 3.8) is 0 Å². The smallest absolute Gasteiger partial charge is 0.250 e. The van der Waals surface area contributed by atoms with Gasteiger partial charge in [-0.2, -0.15) is 4.31 Å². The minimum absolute atomic E-state index is 0.0828. The molecule has 0 bridgehead atoms. The van der Waals surface area contributed by atoms with Gasteiger partial charge in [-0.3, -0.25) is 10.1 Å². The number of hydrogen-bond acceptors (Lipinski definition) is 6. The molecule has 4 rings (SSSR count). The summed E-state index contributed by atoms with van der Waals surface area (Å²) >= 11 is 1.31. The number of hydrogen-bond donors (Lipinski definition) is 1. The number of thiazole rings is 1. The maximum absolute atomic E-state index is 12.8. The Balaban J connectivity index is 1.38. The normalized spacial score (nSPS) is 15.4. The predicted octanol–water partition coefficient (Wildman–Crippen LogP) is 4.78. The number of nitrogens with one attached hydrogen (secondary N) is 1. The lowest BCUT2D eigenvalue weighted by Crippen LogP contribution is -2.40. The monoisotopic (exact) mass is 511 g/mol. The van der Waals surface area contributed by atoms with Crippen LogP contribution < -0.4 is 5.32 Å². The van der Waals surface area contributed by atoms with Gasteiger partial charge in [0, 0.05) is 30.1 Å². The Morgan fingerprint density at radius 3 is 2.34 bits per heavy atom. The first-order chi connectivity index (χ1) is 16.6. The molecule has 0 saturated carbocycles. The van der Waals surface area contributed by atoms with Crippen LogP contribution in [0.5, 0.6) is 0 Å². The molecule has 2 heterocycles. The Morgan fingerprint density at radius 2 is 1.71 bits per heavy atom. The highest BCUT2D eigenvalue weighted by Crippen LogP contribution is 2.27. The van der Waals surface area contributed by atoms with Crippen LogP contribution in [0.1, 0.15) is 31.9 Å². The van der Waals surface area contributed by atoms with Crippen molar-refractivity contribution >= 4 is 38.5 Å². The third kappa shape index (κ3) is 6.24. The average molecular weight is 512 g/mol. The number of rotatable bonds is 6. The lowest BCUT2D eigenvalue weighted by atomic mass is 9.87. The van der Waals surface area contributed by atoms with E-state index in [1.165, 1.54) is 27.3 Å². The lowest BCUT2D eigenvalue weighted by molar-refractivity contribution is -0.111. The van der Waals surface area contributed by atoms with Crippen LogP contribution in [0.2, 0.25) is 0 Å². The van der Waals surface area contributed by atoms with E-state index in [9.17, 15) is 13.2 Å². The van der Waals surface area contributed by atoms with Crippen LogP contribution in [0.3, 0.4) is 0 Å². The highest BCUT2D eigenvalue weighted by atomic mass is 32.2. The zero-order chi connectivity index (χ0) is 25.1. The molecule has 1 aromatic heterocycles. The summed E-state index contributed by atoms with van der Waals surface area (Å²) in [6.45, 7) is 8.01. The molecule has 1 aliphatic heterocycles. The topological polar surface area (TPSA) is 88.6 Å². The van der Waals surface area contributed by atoms with E-state index in [-0.39, 0.29) is 16.2 Å². The van der Waals surface area contributed by atoms with Crippen molar-refractivity contribution < 1.29 is 17.9 Å². The molecule has 1 fully saturated rings. The molecule has 1 N–H and O–H groups in total. The van der Waals surface area contributed by atoms with Gasteiger partial charge in [0.2, 0.25) is 15.9 Å². The van der Waals surface area contributed by atoms with Crippen molar-refractivity contribution in [2.75, 3.05) is 31.6 Å². The van der Waals surface area contributed by atoms with Crippen molar-refractivity contribution in [1.29, 1.82) is 0 Å². The molecule has 1 amide bonds. The van der Waals surface area contributed by atoms with Crippen LogP contribution in [-0.4, -0.2) is 49.9 Å². The summed E-state index contributed by atoms with van der Waals surface area (Å²) in [7, 11) is -3.54. The van der Waals surface area contributed by atoms with Gasteiger partial charge >= 0.3 is 0 Å². The highest BCUT2D eigenvalue weighted by molar-refractivity contribution is 7.89. The van der Waals surface area contributed by atoms with Crippen LogP contribution in [0.15, 0.2) is 64.9 Å². The number of amides is 1. The largest absolute Gasteiger partial charge is 0.379 e. The van der Waals surface area contributed by atoms with E-state index in [1.807, 2.05) is 17.5 Å². The summed E-state index contributed by atoms with van der Waals surface area (Å²) in [6, 6.07) is 14.8. The Labute approximate surface area is 210 Å². The number of anilines is 1. The molecule has 184 valence electrons. The van der Waals surface area contributed by atoms with Crippen molar-refractivity contribution in [2.24, 2.45) is 0 Å². The number of nitrogens with zero attached hydrogens (tertiary/aromatic N) is 2. The summed E-state index contributed by atoms with van der Waals surface area (Å²) < 4.78 is 32.3. The van der Waals surface area contributed by atoms with Gasteiger partial charge in [0.25, 0.3) is 0 Å². The molecule has 1 saturated heterocycles. The van der Waals surface area contributed by atoms with Gasteiger partial charge in [-0.05, 0) is 34.8 Å². The van der Waals surface area contributed by atoms with Gasteiger partial charge < -0.3 is 4.74 Å². The van der Waals surface area contributed by atoms with Crippen LogP contribution in [0.25, 0.3) is 17.3 Å². The quantitative estimate of drug-likeness (QED) is 0.481. The molecule has 0 radical (unpaired) electrons. The number of morpholine rings is 1. The van der Waals surface area contributed by atoms with Crippen molar-refractivity contribution in [3.8, 4) is 11.3 Å². The molecular weight excluding hydrogens is 482 g/mol. The molecule has 0 spiro atoms. The summed E-state index contributed by atoms with van der Waals surface area (Å²) in [5.74, 6) is -0.266. The first kappa shape index (κ1) is 25.2. The van der Waals surface area contributed by atoms with Gasteiger partial charge in [-0.15, -0.1) is 11.3 Å². The third-order valence-electron chi connectivity index (χ3n) is 5.70. The molecule has 0 unspecified atom stereocenters. The van der Waals surface area contributed by atoms with Crippen LogP contribution in [-0.2, 0) is 25.0 Å². The van der Waals surface area contributed by atoms with Crippen molar-refractivity contribution in [3.05, 3.63) is 71.1 Å². The first-order valence-corrected chi connectivity index (χ1v) is 13.7. The van der Waals surface area contributed by atoms with E-state index in [4.69, 9.17) is 4.74 Å². The van der Waals surface area contributed by atoms with E-state index in [1.54, 1.807) is 30.3 Å². The Hall–Kier alpha value is -2.85. The number of carbonyl (C=O) groups excluding carboxylic acids is 1. The maximum Gasteiger partial charge on any atom is 0.250 e. The SMILES string of the molecule is CC(C)(C)c1ccc(/C=C/C(=O)Nc2nc(-c3ccc(S(=O)(=O)N4CCOCC4)cc3)cs2)cc1. The predicted molar refractivity (Wildman–Crippen MR) is 140 cm³/mol. The van der Waals surface area contributed by atoms with E-state index in [0.717, 1.165) is 11.1 Å². The number of carbonyl (C=O) groups is 1. The van der Waals surface area contributed by atoms with E-state index < -0.39 is 10.0 Å². The second-order valence-electron chi connectivity index (χ2n) is 9.27. The van der Waals surface area contributed by atoms with Gasteiger partial charge in [0.1, 0.15) is 0 Å². The van der Waals surface area contributed by atoms with Gasteiger partial charge in [0.15, 0.2) is 5.13 Å². The molecule has 2 aromatic carbocycles. The van der Waals surface area contributed by atoms with Gasteiger partial charge in [-0.25, -0.2) is 13.4 Å². The summed E-state index contributed by atoms with van der Waals surface area (Å²) in [5.41, 5.74) is 3.71. The standard InChI is InChI=1S/C26H29N3O4S2/c1-26(2,3)21-9-4-19(5-10-21)6-13-24(30)28-25-27-23(18-34-25)20-7-11-22(12-8-20)35(31,32)29-14-16-33-17-15-29/h4-13,18H,14-17H2,1-3H3,(H,27,28,30)/b13-6+. The highest BCUT2D eigenvalue weighted by Gasteiger charge is 2.26.